The monoisotopic (exact) mass is 382 g/mol. The molecule has 0 N–H and O–H groups in total. The Balaban J connectivity index is 1.74. The average molecular weight is 382 g/mol. The average Bonchev–Trinajstić information content (AvgIpc) is 2.72. The molecule has 3 aromatic rings. The number of hydrogen-bond acceptors (Lipinski definition) is 0. The lowest BCUT2D eigenvalue weighted by atomic mass is 9.97. The number of rotatable bonds is 7. The standard InChI is InChI=1S/C25H25F3/c1-3-5-20-13-14-21(25(28)24(20)27)12-10-19-11-15-22(16-23(19)26)18-8-6-17(4-2)7-9-18/h6-9,11,13-16H,3-5,10,12H2,1-2H3. The minimum atomic E-state index is -0.806. The summed E-state index contributed by atoms with van der Waals surface area (Å²) >= 11 is 0. The SMILES string of the molecule is CCCc1ccc(CCc2ccc(-c3ccc(CC)cc3)cc2F)c(F)c1F. The summed E-state index contributed by atoms with van der Waals surface area (Å²) in [5.41, 5.74) is 4.20. The van der Waals surface area contributed by atoms with E-state index < -0.39 is 11.6 Å². The van der Waals surface area contributed by atoms with Crippen molar-refractivity contribution < 1.29 is 13.2 Å². The van der Waals surface area contributed by atoms with Gasteiger partial charge in [0, 0.05) is 0 Å². The highest BCUT2D eigenvalue weighted by Crippen LogP contribution is 2.24. The van der Waals surface area contributed by atoms with E-state index in [0.717, 1.165) is 24.0 Å². The fourth-order valence-electron chi connectivity index (χ4n) is 3.42. The molecule has 0 aliphatic rings. The lowest BCUT2D eigenvalue weighted by molar-refractivity contribution is 0.488. The molecule has 0 aliphatic carbocycles. The van der Waals surface area contributed by atoms with Crippen LogP contribution in [0.25, 0.3) is 11.1 Å². The van der Waals surface area contributed by atoms with Crippen molar-refractivity contribution >= 4 is 0 Å². The molecule has 0 unspecified atom stereocenters. The Morgan fingerprint density at radius 2 is 1.14 bits per heavy atom. The summed E-state index contributed by atoms with van der Waals surface area (Å²) in [5, 5.41) is 0. The van der Waals surface area contributed by atoms with Crippen LogP contribution in [0.1, 0.15) is 42.5 Å². The van der Waals surface area contributed by atoms with E-state index in [0.29, 0.717) is 24.0 Å². The molecule has 0 amide bonds. The van der Waals surface area contributed by atoms with Crippen molar-refractivity contribution in [1.29, 1.82) is 0 Å². The fourth-order valence-corrected chi connectivity index (χ4v) is 3.42. The van der Waals surface area contributed by atoms with Gasteiger partial charge >= 0.3 is 0 Å². The molecular weight excluding hydrogens is 357 g/mol. The molecule has 0 fully saturated rings. The van der Waals surface area contributed by atoms with Crippen LogP contribution >= 0.6 is 0 Å². The van der Waals surface area contributed by atoms with E-state index in [-0.39, 0.29) is 17.8 Å². The van der Waals surface area contributed by atoms with Crippen molar-refractivity contribution in [3.8, 4) is 11.1 Å². The van der Waals surface area contributed by atoms with Gasteiger partial charge < -0.3 is 0 Å². The molecule has 28 heavy (non-hydrogen) atoms. The molecule has 0 nitrogen and oxygen atoms in total. The highest BCUT2D eigenvalue weighted by molar-refractivity contribution is 5.64. The molecule has 0 aliphatic heterocycles. The molecule has 0 spiro atoms. The van der Waals surface area contributed by atoms with Gasteiger partial charge in [0.15, 0.2) is 11.6 Å². The van der Waals surface area contributed by atoms with E-state index in [4.69, 9.17) is 0 Å². The van der Waals surface area contributed by atoms with Crippen molar-refractivity contribution in [2.75, 3.05) is 0 Å². The molecule has 3 rings (SSSR count). The maximum absolute atomic E-state index is 14.6. The third-order valence-corrected chi connectivity index (χ3v) is 5.17. The maximum Gasteiger partial charge on any atom is 0.162 e. The van der Waals surface area contributed by atoms with E-state index >= 15 is 0 Å². The van der Waals surface area contributed by atoms with Crippen molar-refractivity contribution in [3.05, 3.63) is 94.3 Å². The number of hydrogen-bond donors (Lipinski definition) is 0. The summed E-state index contributed by atoms with van der Waals surface area (Å²) in [7, 11) is 0. The second-order valence-electron chi connectivity index (χ2n) is 7.12. The van der Waals surface area contributed by atoms with Crippen LogP contribution < -0.4 is 0 Å². The molecule has 146 valence electrons. The van der Waals surface area contributed by atoms with Crippen molar-refractivity contribution in [1.82, 2.24) is 0 Å². The molecule has 3 aromatic carbocycles. The van der Waals surface area contributed by atoms with Gasteiger partial charge in [-0.3, -0.25) is 0 Å². The normalized spacial score (nSPS) is 11.0. The summed E-state index contributed by atoms with van der Waals surface area (Å²) < 4.78 is 42.9. The Hall–Kier alpha value is -2.55. The van der Waals surface area contributed by atoms with Gasteiger partial charge in [-0.2, -0.15) is 0 Å². The first kappa shape index (κ1) is 20.2. The van der Waals surface area contributed by atoms with Crippen LogP contribution in [0.4, 0.5) is 13.2 Å². The predicted octanol–water partition coefficient (Wildman–Crippen LogP) is 7.07. The summed E-state index contributed by atoms with van der Waals surface area (Å²) in [4.78, 5) is 0. The third kappa shape index (κ3) is 4.46. The summed E-state index contributed by atoms with van der Waals surface area (Å²) in [6, 6.07) is 16.4. The van der Waals surface area contributed by atoms with Crippen LogP contribution in [0.3, 0.4) is 0 Å². The van der Waals surface area contributed by atoms with Crippen LogP contribution in [-0.2, 0) is 25.7 Å². The number of benzene rings is 3. The quantitative estimate of drug-likeness (QED) is 0.410. The van der Waals surface area contributed by atoms with Gasteiger partial charge in [-0.1, -0.05) is 68.8 Å². The lowest BCUT2D eigenvalue weighted by Crippen LogP contribution is -2.02. The van der Waals surface area contributed by atoms with Crippen LogP contribution in [0.15, 0.2) is 54.6 Å². The van der Waals surface area contributed by atoms with Crippen LogP contribution in [0.2, 0.25) is 0 Å². The Labute approximate surface area is 165 Å². The molecule has 0 saturated heterocycles. The molecular formula is C25H25F3. The summed E-state index contributed by atoms with van der Waals surface area (Å²) in [5.74, 6) is -1.90. The van der Waals surface area contributed by atoms with Crippen molar-refractivity contribution in [2.45, 2.75) is 46.0 Å². The highest BCUT2D eigenvalue weighted by Gasteiger charge is 2.14. The topological polar surface area (TPSA) is 0 Å². The van der Waals surface area contributed by atoms with Crippen LogP contribution in [-0.4, -0.2) is 0 Å². The lowest BCUT2D eigenvalue weighted by Gasteiger charge is -2.10. The van der Waals surface area contributed by atoms with Crippen molar-refractivity contribution in [3.63, 3.8) is 0 Å². The number of aryl methyl sites for hydroxylation is 4. The highest BCUT2D eigenvalue weighted by atomic mass is 19.2. The third-order valence-electron chi connectivity index (χ3n) is 5.17. The second kappa shape index (κ2) is 9.09. The summed E-state index contributed by atoms with van der Waals surface area (Å²) in [6.45, 7) is 4.02. The minimum Gasteiger partial charge on any atom is -0.207 e. The van der Waals surface area contributed by atoms with Gasteiger partial charge in [0.1, 0.15) is 5.82 Å². The number of halogens is 3. The largest absolute Gasteiger partial charge is 0.207 e. The maximum atomic E-state index is 14.6. The van der Waals surface area contributed by atoms with Crippen LogP contribution in [0, 0.1) is 17.5 Å². The van der Waals surface area contributed by atoms with Gasteiger partial charge in [-0.25, -0.2) is 13.2 Å². The zero-order valence-corrected chi connectivity index (χ0v) is 16.4. The Morgan fingerprint density at radius 1 is 0.607 bits per heavy atom. The smallest absolute Gasteiger partial charge is 0.162 e. The zero-order chi connectivity index (χ0) is 20.1. The molecule has 0 atom stereocenters. The Kier molecular flexibility index (Phi) is 6.56. The molecule has 0 heterocycles. The molecule has 3 heteroatoms. The van der Waals surface area contributed by atoms with Gasteiger partial charge in [-0.05, 0) is 65.1 Å². The predicted molar refractivity (Wildman–Crippen MR) is 109 cm³/mol. The fraction of sp³-hybridized carbons (Fsp3) is 0.280. The molecule has 0 bridgehead atoms. The first-order valence-corrected chi connectivity index (χ1v) is 9.87. The first-order valence-electron chi connectivity index (χ1n) is 9.87. The van der Waals surface area contributed by atoms with E-state index in [2.05, 4.69) is 6.92 Å². The van der Waals surface area contributed by atoms with Crippen LogP contribution in [0.5, 0.6) is 0 Å². The zero-order valence-electron chi connectivity index (χ0n) is 16.4. The van der Waals surface area contributed by atoms with E-state index in [1.165, 1.54) is 11.6 Å². The minimum absolute atomic E-state index is 0.261. The second-order valence-corrected chi connectivity index (χ2v) is 7.12. The van der Waals surface area contributed by atoms with Crippen molar-refractivity contribution in [2.24, 2.45) is 0 Å². The Morgan fingerprint density at radius 3 is 1.71 bits per heavy atom. The van der Waals surface area contributed by atoms with Gasteiger partial charge in [0.2, 0.25) is 0 Å². The van der Waals surface area contributed by atoms with Gasteiger partial charge in [-0.15, -0.1) is 0 Å². The van der Waals surface area contributed by atoms with E-state index in [9.17, 15) is 13.2 Å². The first-order chi connectivity index (χ1) is 13.5. The van der Waals surface area contributed by atoms with E-state index in [1.54, 1.807) is 18.2 Å². The van der Waals surface area contributed by atoms with Gasteiger partial charge in [0.05, 0.1) is 0 Å². The van der Waals surface area contributed by atoms with Gasteiger partial charge in [0.25, 0.3) is 0 Å². The Bertz CT molecular complexity index is 943. The molecule has 0 radical (unpaired) electrons. The van der Waals surface area contributed by atoms with E-state index in [1.807, 2.05) is 37.3 Å². The molecule has 0 aromatic heterocycles. The molecule has 0 saturated carbocycles. The summed E-state index contributed by atoms with van der Waals surface area (Å²) in [6.07, 6.45) is 2.82.